The Kier molecular flexibility index (Phi) is 3.67. The summed E-state index contributed by atoms with van der Waals surface area (Å²) in [6.07, 6.45) is 0. The zero-order chi connectivity index (χ0) is 10.6. The molecular formula is C9H14N4S. The van der Waals surface area contributed by atoms with E-state index in [4.69, 9.17) is 18.1 Å². The fourth-order valence-corrected chi connectivity index (χ4v) is 1.13. The zero-order valence-electron chi connectivity index (χ0n) is 8.24. The fourth-order valence-electron chi connectivity index (χ4n) is 1.01. The highest BCUT2D eigenvalue weighted by atomic mass is 32.1. The minimum absolute atomic E-state index is 0.405. The fraction of sp³-hybridized carbons (Fsp3) is 0.222. The summed E-state index contributed by atoms with van der Waals surface area (Å²) < 4.78 is 0. The second-order valence-corrected chi connectivity index (χ2v) is 3.45. The van der Waals surface area contributed by atoms with Crippen LogP contribution in [0, 0.1) is 0 Å². The Morgan fingerprint density at radius 1 is 1.29 bits per heavy atom. The third-order valence-electron chi connectivity index (χ3n) is 1.77. The smallest absolute Gasteiger partial charge is 0.185 e. The van der Waals surface area contributed by atoms with E-state index in [-0.39, 0.29) is 0 Å². The minimum atomic E-state index is 0.405. The summed E-state index contributed by atoms with van der Waals surface area (Å²) in [5, 5.41) is 3.34. The molecule has 1 aromatic carbocycles. The molecule has 0 aliphatic carbocycles. The number of nitrogens with one attached hydrogen (secondary N) is 2. The highest BCUT2D eigenvalue weighted by Gasteiger charge is 1.96. The molecule has 76 valence electrons. The Bertz CT molecular complexity index is 307. The van der Waals surface area contributed by atoms with E-state index in [0.29, 0.717) is 5.11 Å². The van der Waals surface area contributed by atoms with E-state index in [9.17, 15) is 0 Å². The molecule has 0 heterocycles. The Labute approximate surface area is 89.1 Å². The predicted octanol–water partition coefficient (Wildman–Crippen LogP) is 0.913. The molecule has 0 atom stereocenters. The summed E-state index contributed by atoms with van der Waals surface area (Å²) in [5.41, 5.74) is 4.42. The number of rotatable bonds is 2. The van der Waals surface area contributed by atoms with Crippen LogP contribution in [-0.2, 0) is 0 Å². The molecule has 1 aromatic rings. The van der Waals surface area contributed by atoms with Crippen molar-refractivity contribution in [2.75, 3.05) is 24.3 Å². The van der Waals surface area contributed by atoms with E-state index < -0.39 is 0 Å². The average Bonchev–Trinajstić information content (AvgIpc) is 2.18. The number of anilines is 2. The first-order chi connectivity index (χ1) is 6.63. The SMILES string of the molecule is CN(C)c1ccc(NC(=S)NN)cc1. The molecule has 0 radical (unpaired) electrons. The van der Waals surface area contributed by atoms with Gasteiger partial charge in [0.05, 0.1) is 0 Å². The number of hydrazine groups is 1. The maximum atomic E-state index is 5.14. The summed E-state index contributed by atoms with van der Waals surface area (Å²) in [6.45, 7) is 0. The van der Waals surface area contributed by atoms with Crippen molar-refractivity contribution in [2.24, 2.45) is 5.84 Å². The van der Waals surface area contributed by atoms with Gasteiger partial charge in [-0.3, -0.25) is 0 Å². The maximum absolute atomic E-state index is 5.14. The summed E-state index contributed by atoms with van der Waals surface area (Å²) in [4.78, 5) is 2.03. The summed E-state index contributed by atoms with van der Waals surface area (Å²) in [7, 11) is 3.99. The normalized spacial score (nSPS) is 9.36. The van der Waals surface area contributed by atoms with Gasteiger partial charge in [0.2, 0.25) is 0 Å². The first-order valence-electron chi connectivity index (χ1n) is 4.18. The topological polar surface area (TPSA) is 53.3 Å². The van der Waals surface area contributed by atoms with Crippen molar-refractivity contribution in [3.8, 4) is 0 Å². The molecule has 0 amide bonds. The van der Waals surface area contributed by atoms with Crippen LogP contribution in [0.2, 0.25) is 0 Å². The largest absolute Gasteiger partial charge is 0.378 e. The second kappa shape index (κ2) is 4.78. The van der Waals surface area contributed by atoms with Crippen molar-refractivity contribution < 1.29 is 0 Å². The standard InChI is InChI=1S/C9H14N4S/c1-13(2)8-5-3-7(4-6-8)11-9(14)12-10/h3-6H,10H2,1-2H3,(H2,11,12,14). The van der Waals surface area contributed by atoms with Crippen LogP contribution in [0.3, 0.4) is 0 Å². The van der Waals surface area contributed by atoms with Gasteiger partial charge >= 0.3 is 0 Å². The van der Waals surface area contributed by atoms with Gasteiger partial charge in [0.1, 0.15) is 0 Å². The lowest BCUT2D eigenvalue weighted by Gasteiger charge is -2.13. The van der Waals surface area contributed by atoms with Gasteiger partial charge in [-0.05, 0) is 36.5 Å². The van der Waals surface area contributed by atoms with Gasteiger partial charge in [-0.15, -0.1) is 0 Å². The lowest BCUT2D eigenvalue weighted by Crippen LogP contribution is -2.34. The molecule has 0 aromatic heterocycles. The molecule has 0 aliphatic rings. The van der Waals surface area contributed by atoms with Gasteiger partial charge in [-0.1, -0.05) is 0 Å². The van der Waals surface area contributed by atoms with E-state index in [0.717, 1.165) is 11.4 Å². The maximum Gasteiger partial charge on any atom is 0.185 e. The first kappa shape index (κ1) is 10.7. The minimum Gasteiger partial charge on any atom is -0.378 e. The van der Waals surface area contributed by atoms with Crippen LogP contribution in [0.5, 0.6) is 0 Å². The van der Waals surface area contributed by atoms with Gasteiger partial charge in [0, 0.05) is 25.5 Å². The van der Waals surface area contributed by atoms with Gasteiger partial charge in [-0.25, -0.2) is 5.84 Å². The average molecular weight is 210 g/mol. The molecule has 0 unspecified atom stereocenters. The predicted molar refractivity (Wildman–Crippen MR) is 64.3 cm³/mol. The van der Waals surface area contributed by atoms with Crippen molar-refractivity contribution in [3.05, 3.63) is 24.3 Å². The van der Waals surface area contributed by atoms with Crippen LogP contribution < -0.4 is 21.5 Å². The highest BCUT2D eigenvalue weighted by molar-refractivity contribution is 7.80. The molecule has 0 bridgehead atoms. The molecule has 5 heteroatoms. The van der Waals surface area contributed by atoms with Crippen molar-refractivity contribution >= 4 is 28.7 Å². The third-order valence-corrected chi connectivity index (χ3v) is 1.99. The zero-order valence-corrected chi connectivity index (χ0v) is 9.06. The molecule has 1 rings (SSSR count). The monoisotopic (exact) mass is 210 g/mol. The van der Waals surface area contributed by atoms with Crippen molar-refractivity contribution in [1.29, 1.82) is 0 Å². The van der Waals surface area contributed by atoms with Crippen LogP contribution in [0.25, 0.3) is 0 Å². The van der Waals surface area contributed by atoms with E-state index in [1.165, 1.54) is 0 Å². The Morgan fingerprint density at radius 2 is 1.86 bits per heavy atom. The summed E-state index contributed by atoms with van der Waals surface area (Å²) in [5.74, 6) is 5.14. The molecule has 14 heavy (non-hydrogen) atoms. The lowest BCUT2D eigenvalue weighted by molar-refractivity contribution is 1.04. The second-order valence-electron chi connectivity index (χ2n) is 3.04. The van der Waals surface area contributed by atoms with Crippen LogP contribution in [-0.4, -0.2) is 19.2 Å². The van der Waals surface area contributed by atoms with Crippen LogP contribution in [0.4, 0.5) is 11.4 Å². The molecule has 0 aliphatic heterocycles. The molecule has 4 nitrogen and oxygen atoms in total. The van der Waals surface area contributed by atoms with Crippen LogP contribution in [0.1, 0.15) is 0 Å². The van der Waals surface area contributed by atoms with Gasteiger partial charge in [-0.2, -0.15) is 0 Å². The molecule has 0 saturated heterocycles. The molecule has 0 spiro atoms. The number of benzene rings is 1. The lowest BCUT2D eigenvalue weighted by atomic mass is 10.2. The Balaban J connectivity index is 2.69. The van der Waals surface area contributed by atoms with Crippen LogP contribution >= 0.6 is 12.2 Å². The number of nitrogens with two attached hydrogens (primary N) is 1. The highest BCUT2D eigenvalue weighted by Crippen LogP contribution is 2.15. The van der Waals surface area contributed by atoms with E-state index >= 15 is 0 Å². The molecule has 0 fully saturated rings. The Hall–Kier alpha value is -1.33. The number of hydrogen-bond acceptors (Lipinski definition) is 3. The van der Waals surface area contributed by atoms with Crippen molar-refractivity contribution in [1.82, 2.24) is 5.43 Å². The van der Waals surface area contributed by atoms with E-state index in [1.807, 2.05) is 43.3 Å². The number of nitrogens with zero attached hydrogens (tertiary/aromatic N) is 1. The van der Waals surface area contributed by atoms with Gasteiger partial charge < -0.3 is 15.6 Å². The van der Waals surface area contributed by atoms with Gasteiger partial charge in [0.25, 0.3) is 0 Å². The van der Waals surface area contributed by atoms with E-state index in [1.54, 1.807) is 0 Å². The number of hydrogen-bond donors (Lipinski definition) is 3. The Morgan fingerprint density at radius 3 is 2.29 bits per heavy atom. The summed E-state index contributed by atoms with van der Waals surface area (Å²) in [6, 6.07) is 7.89. The van der Waals surface area contributed by atoms with Crippen molar-refractivity contribution in [2.45, 2.75) is 0 Å². The quantitative estimate of drug-likeness (QED) is 0.385. The van der Waals surface area contributed by atoms with E-state index in [2.05, 4.69) is 10.7 Å². The number of thiocarbonyl (C=S) groups is 1. The molecule has 0 saturated carbocycles. The van der Waals surface area contributed by atoms with Crippen molar-refractivity contribution in [3.63, 3.8) is 0 Å². The first-order valence-corrected chi connectivity index (χ1v) is 4.59. The summed E-state index contributed by atoms with van der Waals surface area (Å²) >= 11 is 4.86. The third kappa shape index (κ3) is 2.86. The molecule has 4 N–H and O–H groups in total. The van der Waals surface area contributed by atoms with Gasteiger partial charge in [0.15, 0.2) is 5.11 Å². The molecular weight excluding hydrogens is 196 g/mol. The van der Waals surface area contributed by atoms with Crippen LogP contribution in [0.15, 0.2) is 24.3 Å².